The quantitative estimate of drug-likeness (QED) is 0.664. The molecule has 7 heteroatoms. The summed E-state index contributed by atoms with van der Waals surface area (Å²) in [6.07, 6.45) is 1.87. The van der Waals surface area contributed by atoms with Crippen LogP contribution in [0.15, 0.2) is 76.6 Å². The zero-order valence-corrected chi connectivity index (χ0v) is 15.0. The van der Waals surface area contributed by atoms with Crippen LogP contribution in [0.2, 0.25) is 0 Å². The largest absolute Gasteiger partial charge is 0.383 e. The van der Waals surface area contributed by atoms with Crippen molar-refractivity contribution in [3.63, 3.8) is 0 Å². The summed E-state index contributed by atoms with van der Waals surface area (Å²) in [7, 11) is 1.54. The molecule has 0 fully saturated rings. The molecule has 0 aliphatic carbocycles. The molecule has 0 unspecified atom stereocenters. The second kappa shape index (κ2) is 8.86. The number of methoxy groups -OCH3 is 1. The van der Waals surface area contributed by atoms with Crippen molar-refractivity contribution in [1.82, 2.24) is 14.3 Å². The summed E-state index contributed by atoms with van der Waals surface area (Å²) in [6.45, 7) is 1.20. The van der Waals surface area contributed by atoms with Crippen LogP contribution in [0.1, 0.15) is 16.1 Å². The number of ether oxygens (including phenoxy) is 1. The van der Waals surface area contributed by atoms with Crippen LogP contribution in [0, 0.1) is 0 Å². The number of carbonyl (C=O) groups excluding carboxylic acids is 1. The lowest BCUT2D eigenvalue weighted by Crippen LogP contribution is -2.27. The minimum atomic E-state index is -0.505. The first kappa shape index (κ1) is 18.5. The van der Waals surface area contributed by atoms with Gasteiger partial charge in [-0.25, -0.2) is 4.68 Å². The number of nitrogens with zero attached hydrogens (tertiary/aromatic N) is 4. The van der Waals surface area contributed by atoms with Gasteiger partial charge in [0.05, 0.1) is 13.2 Å². The molecule has 0 spiro atoms. The summed E-state index contributed by atoms with van der Waals surface area (Å²) >= 11 is 0. The Morgan fingerprint density at radius 2 is 1.85 bits per heavy atom. The Kier molecular flexibility index (Phi) is 6.06. The lowest BCUT2D eigenvalue weighted by atomic mass is 10.2. The molecule has 2 heterocycles. The van der Waals surface area contributed by atoms with Gasteiger partial charge in [-0.1, -0.05) is 36.4 Å². The topological polar surface area (TPSA) is 78.5 Å². The van der Waals surface area contributed by atoms with Gasteiger partial charge in [0, 0.05) is 25.9 Å². The van der Waals surface area contributed by atoms with E-state index in [9.17, 15) is 9.59 Å². The fraction of sp³-hybridized carbons (Fsp3) is 0.200. The third-order valence-electron chi connectivity index (χ3n) is 3.92. The number of carbonyl (C=O) groups is 1. The van der Waals surface area contributed by atoms with Gasteiger partial charge in [0.1, 0.15) is 5.49 Å². The van der Waals surface area contributed by atoms with E-state index < -0.39 is 5.91 Å². The normalized spacial score (nSPS) is 11.5. The van der Waals surface area contributed by atoms with Crippen molar-refractivity contribution in [2.45, 2.75) is 13.1 Å². The maximum Gasteiger partial charge on any atom is 0.299 e. The van der Waals surface area contributed by atoms with Crippen molar-refractivity contribution in [3.05, 3.63) is 94.0 Å². The predicted molar refractivity (Wildman–Crippen MR) is 100 cm³/mol. The Hall–Kier alpha value is -3.32. The summed E-state index contributed by atoms with van der Waals surface area (Å²) < 4.78 is 8.04. The number of rotatable bonds is 6. The van der Waals surface area contributed by atoms with E-state index in [1.54, 1.807) is 6.07 Å². The number of hydrogen-bond donors (Lipinski definition) is 0. The van der Waals surface area contributed by atoms with Crippen LogP contribution in [-0.2, 0) is 17.8 Å². The Morgan fingerprint density at radius 1 is 1.07 bits per heavy atom. The number of amides is 1. The fourth-order valence-corrected chi connectivity index (χ4v) is 2.54. The van der Waals surface area contributed by atoms with Gasteiger partial charge in [0.2, 0.25) is 0 Å². The maximum absolute atomic E-state index is 12.6. The first-order valence-corrected chi connectivity index (χ1v) is 8.53. The molecule has 1 amide bonds. The van der Waals surface area contributed by atoms with Gasteiger partial charge in [-0.2, -0.15) is 10.1 Å². The molecule has 1 aromatic carbocycles. The lowest BCUT2D eigenvalue weighted by molar-refractivity contribution is 0.0988. The maximum atomic E-state index is 12.6. The smallest absolute Gasteiger partial charge is 0.299 e. The van der Waals surface area contributed by atoms with Gasteiger partial charge in [0.15, 0.2) is 5.69 Å². The lowest BCUT2D eigenvalue weighted by Gasteiger charge is -2.07. The molecule has 0 N–H and O–H groups in total. The molecule has 0 saturated heterocycles. The summed E-state index contributed by atoms with van der Waals surface area (Å²) in [5.41, 5.74) is 1.44. The molecular weight excluding hydrogens is 344 g/mol. The summed E-state index contributed by atoms with van der Waals surface area (Å²) in [4.78, 5) is 28.6. The second-order valence-corrected chi connectivity index (χ2v) is 5.86. The van der Waals surface area contributed by atoms with Crippen LogP contribution in [-0.4, -0.2) is 34.0 Å². The molecule has 0 aliphatic heterocycles. The van der Waals surface area contributed by atoms with Gasteiger partial charge in [-0.05, 0) is 23.8 Å². The van der Waals surface area contributed by atoms with Crippen molar-refractivity contribution in [2.75, 3.05) is 13.7 Å². The van der Waals surface area contributed by atoms with E-state index in [2.05, 4.69) is 10.1 Å². The van der Waals surface area contributed by atoms with Crippen LogP contribution < -0.4 is 11.0 Å². The van der Waals surface area contributed by atoms with Crippen molar-refractivity contribution >= 4 is 5.91 Å². The van der Waals surface area contributed by atoms with Crippen LogP contribution >= 0.6 is 0 Å². The molecule has 3 rings (SSSR count). The van der Waals surface area contributed by atoms with Crippen LogP contribution in [0.25, 0.3) is 0 Å². The third-order valence-corrected chi connectivity index (χ3v) is 3.92. The molecule has 0 bridgehead atoms. The van der Waals surface area contributed by atoms with E-state index in [-0.39, 0.29) is 17.8 Å². The minimum Gasteiger partial charge on any atom is -0.383 e. The molecule has 0 radical (unpaired) electrons. The van der Waals surface area contributed by atoms with Crippen molar-refractivity contribution in [3.8, 4) is 0 Å². The van der Waals surface area contributed by atoms with E-state index in [1.807, 2.05) is 53.2 Å². The van der Waals surface area contributed by atoms with Crippen molar-refractivity contribution < 1.29 is 9.53 Å². The Morgan fingerprint density at radius 3 is 2.63 bits per heavy atom. The molecule has 138 valence electrons. The van der Waals surface area contributed by atoms with Crippen molar-refractivity contribution in [1.29, 1.82) is 0 Å². The van der Waals surface area contributed by atoms with Crippen molar-refractivity contribution in [2.24, 2.45) is 4.99 Å². The first-order valence-electron chi connectivity index (χ1n) is 8.53. The summed E-state index contributed by atoms with van der Waals surface area (Å²) in [5.74, 6) is -0.505. The predicted octanol–water partition coefficient (Wildman–Crippen LogP) is 1.48. The van der Waals surface area contributed by atoms with E-state index in [4.69, 9.17) is 4.74 Å². The van der Waals surface area contributed by atoms with Crippen LogP contribution in [0.5, 0.6) is 0 Å². The summed E-state index contributed by atoms with van der Waals surface area (Å²) in [5, 5.41) is 4.09. The standard InChI is InChI=1S/C20H20N4O3/c1-27-14-13-24-19(25)11-10-17(22-24)20(26)21-18-9-5-6-12-23(18)15-16-7-3-2-4-8-16/h2-12H,13-15H2,1H3. The van der Waals surface area contributed by atoms with E-state index >= 15 is 0 Å². The molecule has 0 atom stereocenters. The van der Waals surface area contributed by atoms with Crippen LogP contribution in [0.3, 0.4) is 0 Å². The summed E-state index contributed by atoms with van der Waals surface area (Å²) in [6, 6.07) is 18.1. The molecule has 3 aromatic rings. The number of benzene rings is 1. The Balaban J connectivity index is 1.91. The first-order chi connectivity index (χ1) is 13.2. The number of hydrogen-bond acceptors (Lipinski definition) is 4. The monoisotopic (exact) mass is 364 g/mol. The zero-order valence-electron chi connectivity index (χ0n) is 15.0. The zero-order chi connectivity index (χ0) is 19.1. The van der Waals surface area contributed by atoms with Crippen LogP contribution in [0.4, 0.5) is 0 Å². The SMILES string of the molecule is COCCn1nc(C(=O)N=c2ccccn2Cc2ccccc2)ccc1=O. The highest BCUT2D eigenvalue weighted by molar-refractivity contribution is 5.92. The van der Waals surface area contributed by atoms with E-state index in [1.165, 1.54) is 23.9 Å². The Labute approximate surface area is 156 Å². The minimum absolute atomic E-state index is 0.112. The fourth-order valence-electron chi connectivity index (χ4n) is 2.54. The van der Waals surface area contributed by atoms with E-state index in [0.29, 0.717) is 18.6 Å². The highest BCUT2D eigenvalue weighted by Gasteiger charge is 2.09. The highest BCUT2D eigenvalue weighted by atomic mass is 16.5. The Bertz CT molecular complexity index is 1040. The average molecular weight is 364 g/mol. The van der Waals surface area contributed by atoms with Gasteiger partial charge < -0.3 is 9.30 Å². The highest BCUT2D eigenvalue weighted by Crippen LogP contribution is 2.01. The molecule has 0 saturated carbocycles. The number of pyridine rings is 1. The molecule has 0 aliphatic rings. The van der Waals surface area contributed by atoms with Gasteiger partial charge in [0.25, 0.3) is 11.5 Å². The molecular formula is C20H20N4O3. The average Bonchev–Trinajstić information content (AvgIpc) is 2.69. The van der Waals surface area contributed by atoms with E-state index in [0.717, 1.165) is 5.56 Å². The second-order valence-electron chi connectivity index (χ2n) is 5.86. The molecule has 2 aromatic heterocycles. The van der Waals surface area contributed by atoms with Gasteiger partial charge in [-0.15, -0.1) is 0 Å². The molecule has 27 heavy (non-hydrogen) atoms. The van der Waals surface area contributed by atoms with Gasteiger partial charge >= 0.3 is 0 Å². The third kappa shape index (κ3) is 4.86. The van der Waals surface area contributed by atoms with Gasteiger partial charge in [-0.3, -0.25) is 9.59 Å². The number of aromatic nitrogens is 3. The molecule has 7 nitrogen and oxygen atoms in total.